The molecule has 3 aromatic rings. The number of hydrogen-bond acceptors (Lipinski definition) is 5. The summed E-state index contributed by atoms with van der Waals surface area (Å²) >= 11 is 0. The third-order valence-electron chi connectivity index (χ3n) is 5.98. The monoisotopic (exact) mass is 476 g/mol. The molecule has 2 aliphatic heterocycles. The molecule has 0 aliphatic carbocycles. The van der Waals surface area contributed by atoms with E-state index >= 15 is 0 Å². The highest BCUT2D eigenvalue weighted by molar-refractivity contribution is 5.92. The summed E-state index contributed by atoms with van der Waals surface area (Å²) in [5, 5.41) is 7.12. The van der Waals surface area contributed by atoms with Crippen molar-refractivity contribution in [2.75, 3.05) is 24.5 Å². The maximum Gasteiger partial charge on any atom is 0.490 e. The molecule has 8 nitrogen and oxygen atoms in total. The van der Waals surface area contributed by atoms with Crippen molar-refractivity contribution in [2.24, 2.45) is 0 Å². The molecule has 1 amide bonds. The fourth-order valence-electron chi connectivity index (χ4n) is 4.61. The van der Waals surface area contributed by atoms with Crippen molar-refractivity contribution in [2.45, 2.75) is 31.5 Å². The van der Waals surface area contributed by atoms with Gasteiger partial charge < -0.3 is 23.9 Å². The molecule has 1 saturated heterocycles. The zero-order valence-corrected chi connectivity index (χ0v) is 18.3. The average molecular weight is 476 g/mol. The minimum atomic E-state index is -5.08. The van der Waals surface area contributed by atoms with Crippen molar-refractivity contribution in [3.63, 3.8) is 0 Å². The second-order valence-corrected chi connectivity index (χ2v) is 8.05. The zero-order valence-electron chi connectivity index (χ0n) is 18.3. The van der Waals surface area contributed by atoms with Crippen LogP contribution in [0.15, 0.2) is 59.5 Å². The normalized spacial score (nSPS) is 18.8. The molecule has 11 heteroatoms. The van der Waals surface area contributed by atoms with Crippen LogP contribution in [0.3, 0.4) is 0 Å². The lowest BCUT2D eigenvalue weighted by atomic mass is 9.88. The molecule has 3 aromatic heterocycles. The number of likely N-dealkylation sites (tertiary alicyclic amines) is 1. The molecule has 1 N–H and O–H groups in total. The number of carbonyl (C=O) groups excluding carboxylic acids is 1. The van der Waals surface area contributed by atoms with Crippen LogP contribution in [-0.2, 0) is 10.3 Å². The molecule has 34 heavy (non-hydrogen) atoms. The quantitative estimate of drug-likeness (QED) is 0.613. The van der Waals surface area contributed by atoms with E-state index < -0.39 is 12.1 Å². The van der Waals surface area contributed by atoms with Crippen LogP contribution < -0.4 is 4.90 Å². The summed E-state index contributed by atoms with van der Waals surface area (Å²) in [7, 11) is 0. The Balaban J connectivity index is 0.000000344. The minimum absolute atomic E-state index is 0.0385. The number of fused-ring (bicyclic) bond motifs is 4. The summed E-state index contributed by atoms with van der Waals surface area (Å²) in [5.74, 6) is -1.43. The number of furan rings is 1. The van der Waals surface area contributed by atoms with E-state index in [-0.39, 0.29) is 11.4 Å². The fourth-order valence-corrected chi connectivity index (χ4v) is 4.61. The molecule has 180 valence electrons. The lowest BCUT2D eigenvalue weighted by molar-refractivity contribution is -0.192. The molecule has 0 radical (unpaired) electrons. The molecule has 1 spiro atoms. The standard InChI is InChI=1S/C21H22N4O2.C2HF3O2/c1-2-11-25-16-6-3-10-22-19(16)24-12-4-8-18(24)21(25)9-13-23(15-21)20(26)17-7-5-14-27-17;3-2(4,5)1(6)7/h3-8,10,12,14H,2,9,11,13,15H2,1H3;(H,6,7). The van der Waals surface area contributed by atoms with Gasteiger partial charge in [0.1, 0.15) is 5.54 Å². The Bertz CT molecular complexity index is 1180. The first-order chi connectivity index (χ1) is 16.2. The Hall–Kier alpha value is -3.76. The van der Waals surface area contributed by atoms with Gasteiger partial charge in [-0.1, -0.05) is 6.92 Å². The Morgan fingerprint density at radius 2 is 1.97 bits per heavy atom. The van der Waals surface area contributed by atoms with Gasteiger partial charge in [0.25, 0.3) is 5.91 Å². The average Bonchev–Trinajstić information content (AvgIpc) is 3.57. The second-order valence-electron chi connectivity index (χ2n) is 8.05. The molecule has 2 aliphatic rings. The Morgan fingerprint density at radius 3 is 2.62 bits per heavy atom. The van der Waals surface area contributed by atoms with Crippen LogP contribution in [0.4, 0.5) is 18.9 Å². The molecule has 5 rings (SSSR count). The number of amides is 1. The lowest BCUT2D eigenvalue weighted by Gasteiger charge is -2.47. The summed E-state index contributed by atoms with van der Waals surface area (Å²) < 4.78 is 39.3. The molecule has 5 heterocycles. The lowest BCUT2D eigenvalue weighted by Crippen LogP contribution is -2.53. The van der Waals surface area contributed by atoms with E-state index in [1.165, 1.54) is 5.69 Å². The van der Waals surface area contributed by atoms with Crippen molar-refractivity contribution >= 4 is 17.6 Å². The largest absolute Gasteiger partial charge is 0.490 e. The predicted octanol–water partition coefficient (Wildman–Crippen LogP) is 4.07. The number of carboxylic acids is 1. The Morgan fingerprint density at radius 1 is 1.21 bits per heavy atom. The van der Waals surface area contributed by atoms with Crippen LogP contribution in [-0.4, -0.2) is 57.2 Å². The summed E-state index contributed by atoms with van der Waals surface area (Å²) in [5.41, 5.74) is 2.10. The van der Waals surface area contributed by atoms with Gasteiger partial charge in [-0.05, 0) is 49.2 Å². The summed E-state index contributed by atoms with van der Waals surface area (Å²) in [6, 6.07) is 11.9. The van der Waals surface area contributed by atoms with E-state index in [9.17, 15) is 18.0 Å². The number of nitrogens with zero attached hydrogens (tertiary/aromatic N) is 4. The van der Waals surface area contributed by atoms with Gasteiger partial charge in [0, 0.05) is 25.5 Å². The minimum Gasteiger partial charge on any atom is -0.475 e. The first-order valence-electron chi connectivity index (χ1n) is 10.7. The maximum absolute atomic E-state index is 12.9. The number of pyridine rings is 1. The number of alkyl halides is 3. The molecule has 1 atom stereocenters. The predicted molar refractivity (Wildman–Crippen MR) is 116 cm³/mol. The van der Waals surface area contributed by atoms with Gasteiger partial charge in [0.15, 0.2) is 11.6 Å². The van der Waals surface area contributed by atoms with E-state index in [1.807, 2.05) is 17.2 Å². The van der Waals surface area contributed by atoms with Gasteiger partial charge in [-0.3, -0.25) is 4.79 Å². The second kappa shape index (κ2) is 8.88. The van der Waals surface area contributed by atoms with Crippen LogP contribution in [0.2, 0.25) is 0 Å². The topological polar surface area (TPSA) is 91.8 Å². The fraction of sp³-hybridized carbons (Fsp3) is 0.348. The Kier molecular flexibility index (Phi) is 6.11. The first-order valence-corrected chi connectivity index (χ1v) is 10.7. The van der Waals surface area contributed by atoms with E-state index in [0.29, 0.717) is 18.8 Å². The number of halogens is 3. The van der Waals surface area contributed by atoms with Crippen molar-refractivity contribution in [3.05, 3.63) is 66.5 Å². The number of rotatable bonds is 3. The van der Waals surface area contributed by atoms with E-state index in [2.05, 4.69) is 45.8 Å². The highest BCUT2D eigenvalue weighted by atomic mass is 19.4. The van der Waals surface area contributed by atoms with E-state index in [1.54, 1.807) is 18.4 Å². The van der Waals surface area contributed by atoms with Crippen LogP contribution in [0.1, 0.15) is 36.0 Å². The van der Waals surface area contributed by atoms with Gasteiger partial charge in [-0.25, -0.2) is 9.78 Å². The molecular formula is C23H23F3N4O4. The Labute approximate surface area is 193 Å². The molecule has 0 aromatic carbocycles. The molecule has 0 saturated carbocycles. The molecule has 1 unspecified atom stereocenters. The van der Waals surface area contributed by atoms with Crippen molar-refractivity contribution in [1.82, 2.24) is 14.5 Å². The number of anilines is 1. The molecular weight excluding hydrogens is 453 g/mol. The summed E-state index contributed by atoms with van der Waals surface area (Å²) in [6.07, 6.45) is 2.30. The molecule has 0 bridgehead atoms. The van der Waals surface area contributed by atoms with Crippen molar-refractivity contribution in [1.29, 1.82) is 0 Å². The number of carbonyl (C=O) groups is 2. The summed E-state index contributed by atoms with van der Waals surface area (Å²) in [4.78, 5) is 30.8. The highest BCUT2D eigenvalue weighted by Gasteiger charge is 2.50. The van der Waals surface area contributed by atoms with Gasteiger partial charge in [-0.2, -0.15) is 13.2 Å². The smallest absolute Gasteiger partial charge is 0.475 e. The van der Waals surface area contributed by atoms with Crippen LogP contribution in [0, 0.1) is 0 Å². The van der Waals surface area contributed by atoms with E-state index in [4.69, 9.17) is 14.3 Å². The van der Waals surface area contributed by atoms with Crippen LogP contribution in [0.25, 0.3) is 5.82 Å². The maximum atomic E-state index is 12.9. The number of aliphatic carboxylic acids is 1. The third-order valence-corrected chi connectivity index (χ3v) is 5.98. The van der Waals surface area contributed by atoms with Gasteiger partial charge in [0.2, 0.25) is 0 Å². The van der Waals surface area contributed by atoms with Gasteiger partial charge in [0.05, 0.1) is 24.2 Å². The number of hydrogen-bond donors (Lipinski definition) is 1. The van der Waals surface area contributed by atoms with E-state index in [0.717, 1.165) is 30.9 Å². The van der Waals surface area contributed by atoms with Gasteiger partial charge in [-0.15, -0.1) is 0 Å². The summed E-state index contributed by atoms with van der Waals surface area (Å²) in [6.45, 7) is 4.47. The van der Waals surface area contributed by atoms with Crippen molar-refractivity contribution in [3.8, 4) is 5.82 Å². The number of carboxylic acid groups (broad SMARTS) is 1. The zero-order chi connectivity index (χ0) is 24.5. The first kappa shape index (κ1) is 23.4. The number of aromatic nitrogens is 2. The highest BCUT2D eigenvalue weighted by Crippen LogP contribution is 2.47. The van der Waals surface area contributed by atoms with Crippen LogP contribution >= 0.6 is 0 Å². The van der Waals surface area contributed by atoms with Crippen molar-refractivity contribution < 1.29 is 32.3 Å². The van der Waals surface area contributed by atoms with Crippen LogP contribution in [0.5, 0.6) is 0 Å². The molecule has 1 fully saturated rings. The van der Waals surface area contributed by atoms with Gasteiger partial charge >= 0.3 is 12.1 Å². The SMILES string of the molecule is CCCN1c2cccnc2-n2cccc2C12CCN(C(=O)c1ccco1)C2.O=C(O)C(F)(F)F. The third kappa shape index (κ3) is 4.02.